The van der Waals surface area contributed by atoms with Crippen LogP contribution in [-0.4, -0.2) is 44.2 Å². The molecule has 0 rings (SSSR count). The molecule has 21 heavy (non-hydrogen) atoms. The van der Waals surface area contributed by atoms with Crippen LogP contribution in [0.3, 0.4) is 0 Å². The highest BCUT2D eigenvalue weighted by atomic mass is 32.2. The highest BCUT2D eigenvalue weighted by Gasteiger charge is 2.40. The second-order valence-corrected chi connectivity index (χ2v) is 10.5. The third-order valence-electron chi connectivity index (χ3n) is 2.59. The van der Waals surface area contributed by atoms with E-state index in [9.17, 15) is 0 Å². The Morgan fingerprint density at radius 3 is 1.81 bits per heavy atom. The highest BCUT2D eigenvalue weighted by molar-refractivity contribution is 8.46. The van der Waals surface area contributed by atoms with Crippen molar-refractivity contribution in [1.82, 2.24) is 0 Å². The van der Waals surface area contributed by atoms with Crippen LogP contribution >= 0.6 is 35.7 Å². The molecular weight excluding hydrogens is 340 g/mol. The van der Waals surface area contributed by atoms with Gasteiger partial charge in [0.1, 0.15) is 3.53 Å². The number of rotatable bonds is 13. The summed E-state index contributed by atoms with van der Waals surface area (Å²) in [5, 5.41) is 0. The summed E-state index contributed by atoms with van der Waals surface area (Å²) in [7, 11) is -2.50. The first-order chi connectivity index (χ1) is 10.1. The fraction of sp³-hybridized carbons (Fsp3) is 0.929. The molecule has 0 radical (unpaired) electrons. The molecule has 7 heteroatoms. The Morgan fingerprint density at radius 2 is 1.43 bits per heavy atom. The monoisotopic (exact) mass is 370 g/mol. The van der Waals surface area contributed by atoms with Crippen LogP contribution in [0.5, 0.6) is 0 Å². The van der Waals surface area contributed by atoms with Crippen molar-refractivity contribution < 1.29 is 13.3 Å². The lowest BCUT2D eigenvalue weighted by Crippen LogP contribution is -2.46. The van der Waals surface area contributed by atoms with Gasteiger partial charge in [0.15, 0.2) is 0 Å². The average molecular weight is 371 g/mol. The predicted octanol–water partition coefficient (Wildman–Crippen LogP) is 4.98. The van der Waals surface area contributed by atoms with E-state index in [4.69, 9.17) is 25.5 Å². The summed E-state index contributed by atoms with van der Waals surface area (Å²) in [6.45, 7) is 8.50. The molecule has 0 heterocycles. The van der Waals surface area contributed by atoms with E-state index in [1.54, 1.807) is 23.5 Å². The number of hydrogen-bond donors (Lipinski definition) is 0. The van der Waals surface area contributed by atoms with E-state index in [1.807, 2.05) is 6.26 Å². The van der Waals surface area contributed by atoms with Crippen molar-refractivity contribution in [2.45, 2.75) is 52.5 Å². The number of thioether (sulfide) groups is 2. The molecule has 0 aliphatic heterocycles. The summed E-state index contributed by atoms with van der Waals surface area (Å²) in [4.78, 5) is 0. The minimum absolute atomic E-state index is 0.718. The first-order valence-electron chi connectivity index (χ1n) is 7.76. The van der Waals surface area contributed by atoms with Gasteiger partial charge in [-0.25, -0.2) is 0 Å². The van der Waals surface area contributed by atoms with Crippen molar-refractivity contribution >= 4 is 48.1 Å². The van der Waals surface area contributed by atoms with Crippen LogP contribution < -0.4 is 0 Å². The Labute approximate surface area is 145 Å². The maximum atomic E-state index is 6.06. The van der Waals surface area contributed by atoms with E-state index in [0.717, 1.165) is 60.8 Å². The maximum absolute atomic E-state index is 6.06. The van der Waals surface area contributed by atoms with Crippen LogP contribution in [0.4, 0.5) is 0 Å². The normalized spacial score (nSPS) is 11.8. The van der Waals surface area contributed by atoms with E-state index >= 15 is 0 Å². The number of thiocarbonyl (C=S) groups is 1. The van der Waals surface area contributed by atoms with Crippen LogP contribution in [0.25, 0.3) is 0 Å². The Morgan fingerprint density at radius 1 is 0.952 bits per heavy atom. The SMILES string of the molecule is CCCO[Si](CCCSC(=S)SC)(OCCC)OCCC. The Hall–Kier alpha value is 0.887. The van der Waals surface area contributed by atoms with Crippen molar-refractivity contribution in [3.8, 4) is 0 Å². The quantitative estimate of drug-likeness (QED) is 0.258. The molecule has 0 fully saturated rings. The van der Waals surface area contributed by atoms with Gasteiger partial charge in [0, 0.05) is 25.9 Å². The summed E-state index contributed by atoms with van der Waals surface area (Å²) in [5.74, 6) is 1.01. The highest BCUT2D eigenvalue weighted by Crippen LogP contribution is 2.23. The zero-order valence-electron chi connectivity index (χ0n) is 13.8. The lowest BCUT2D eigenvalue weighted by molar-refractivity contribution is 0.0591. The van der Waals surface area contributed by atoms with Gasteiger partial charge in [-0.05, 0) is 37.7 Å². The van der Waals surface area contributed by atoms with Gasteiger partial charge >= 0.3 is 8.80 Å². The average Bonchev–Trinajstić information content (AvgIpc) is 2.52. The molecule has 0 aliphatic rings. The van der Waals surface area contributed by atoms with E-state index in [1.165, 1.54) is 0 Å². The predicted molar refractivity (Wildman–Crippen MR) is 102 cm³/mol. The lowest BCUT2D eigenvalue weighted by atomic mass is 10.5. The molecule has 0 aromatic rings. The first-order valence-corrected chi connectivity index (χ1v) is 12.3. The molecule has 0 N–H and O–H groups in total. The molecule has 126 valence electrons. The Balaban J connectivity index is 4.44. The molecule has 0 aromatic heterocycles. The zero-order valence-corrected chi connectivity index (χ0v) is 17.3. The largest absolute Gasteiger partial charge is 0.500 e. The van der Waals surface area contributed by atoms with Crippen molar-refractivity contribution in [3.63, 3.8) is 0 Å². The maximum Gasteiger partial charge on any atom is 0.500 e. The van der Waals surface area contributed by atoms with Gasteiger partial charge in [-0.2, -0.15) is 0 Å². The minimum Gasteiger partial charge on any atom is -0.373 e. The fourth-order valence-corrected chi connectivity index (χ4v) is 6.14. The second kappa shape index (κ2) is 14.5. The smallest absolute Gasteiger partial charge is 0.373 e. The van der Waals surface area contributed by atoms with Gasteiger partial charge in [-0.15, -0.1) is 23.5 Å². The Bertz CT molecular complexity index is 246. The molecule has 0 saturated heterocycles. The van der Waals surface area contributed by atoms with Crippen LogP contribution in [0.15, 0.2) is 0 Å². The van der Waals surface area contributed by atoms with Gasteiger partial charge in [-0.3, -0.25) is 0 Å². The summed E-state index contributed by atoms with van der Waals surface area (Å²) < 4.78 is 19.2. The third-order valence-corrected chi connectivity index (χ3v) is 8.26. The molecule has 0 amide bonds. The van der Waals surface area contributed by atoms with Crippen LogP contribution in [0.2, 0.25) is 6.04 Å². The van der Waals surface area contributed by atoms with Gasteiger partial charge in [0.25, 0.3) is 0 Å². The molecule has 0 saturated carbocycles. The van der Waals surface area contributed by atoms with Gasteiger partial charge in [0.2, 0.25) is 0 Å². The molecule has 0 aliphatic carbocycles. The summed E-state index contributed by atoms with van der Waals surface area (Å²) in [5.41, 5.74) is 0. The van der Waals surface area contributed by atoms with Crippen LogP contribution in [0, 0.1) is 0 Å². The van der Waals surface area contributed by atoms with Crippen molar-refractivity contribution in [2.24, 2.45) is 0 Å². The molecular formula is C14H30O3S3Si. The molecule has 0 bridgehead atoms. The zero-order chi connectivity index (χ0) is 16.0. The van der Waals surface area contributed by atoms with Crippen LogP contribution in [-0.2, 0) is 13.3 Å². The van der Waals surface area contributed by atoms with Gasteiger partial charge in [0.05, 0.1) is 0 Å². The fourth-order valence-electron chi connectivity index (χ4n) is 1.62. The summed E-state index contributed by atoms with van der Waals surface area (Å²) in [6.07, 6.45) is 6.02. The van der Waals surface area contributed by atoms with Crippen LogP contribution in [0.1, 0.15) is 46.5 Å². The topological polar surface area (TPSA) is 27.7 Å². The Kier molecular flexibility index (Phi) is 15.1. The molecule has 0 spiro atoms. The second-order valence-electron chi connectivity index (χ2n) is 4.63. The van der Waals surface area contributed by atoms with E-state index in [2.05, 4.69) is 20.8 Å². The first kappa shape index (κ1) is 21.9. The number of hydrogen-bond acceptors (Lipinski definition) is 6. The molecule has 0 atom stereocenters. The van der Waals surface area contributed by atoms with E-state index < -0.39 is 8.80 Å². The van der Waals surface area contributed by atoms with E-state index in [-0.39, 0.29) is 0 Å². The summed E-state index contributed by atoms with van der Waals surface area (Å²) in [6, 6.07) is 0.886. The van der Waals surface area contributed by atoms with Crippen molar-refractivity contribution in [3.05, 3.63) is 0 Å². The summed E-state index contributed by atoms with van der Waals surface area (Å²) >= 11 is 8.59. The molecule has 0 aromatic carbocycles. The van der Waals surface area contributed by atoms with Crippen molar-refractivity contribution in [1.29, 1.82) is 0 Å². The standard InChI is InChI=1S/C14H30O3S3Si/c1-5-9-15-21(16-10-6-2,17-11-7-3)13-8-12-20-14(18)19-4/h5-13H2,1-4H3. The lowest BCUT2D eigenvalue weighted by Gasteiger charge is -2.29. The third kappa shape index (κ3) is 11.1. The van der Waals surface area contributed by atoms with Crippen molar-refractivity contribution in [2.75, 3.05) is 31.8 Å². The van der Waals surface area contributed by atoms with Gasteiger partial charge in [-0.1, -0.05) is 33.0 Å². The minimum atomic E-state index is -2.50. The molecule has 3 nitrogen and oxygen atoms in total. The molecule has 0 unspecified atom stereocenters. The van der Waals surface area contributed by atoms with E-state index in [0.29, 0.717) is 0 Å². The van der Waals surface area contributed by atoms with Gasteiger partial charge < -0.3 is 13.3 Å².